The van der Waals surface area contributed by atoms with Crippen LogP contribution in [0.4, 0.5) is 0 Å². The van der Waals surface area contributed by atoms with Gasteiger partial charge in [0.25, 0.3) is 0 Å². The van der Waals surface area contributed by atoms with E-state index in [2.05, 4.69) is 24.1 Å². The highest BCUT2D eigenvalue weighted by Gasteiger charge is 2.37. The van der Waals surface area contributed by atoms with Gasteiger partial charge in [0.2, 0.25) is 5.91 Å². The van der Waals surface area contributed by atoms with Crippen molar-refractivity contribution < 1.29 is 4.79 Å². The molecule has 1 amide bonds. The number of pyridine rings is 1. The zero-order chi connectivity index (χ0) is 13.9. The molecule has 0 spiro atoms. The topological polar surface area (TPSA) is 45.2 Å². The molecule has 1 fully saturated rings. The maximum Gasteiger partial charge on any atom is 0.230 e. The summed E-state index contributed by atoms with van der Waals surface area (Å²) in [5.41, 5.74) is 0.854. The van der Waals surface area contributed by atoms with Crippen molar-refractivity contribution in [1.29, 1.82) is 0 Å². The molecule has 0 aromatic carbocycles. The molecule has 104 valence electrons. The molecule has 2 heterocycles. The van der Waals surface area contributed by atoms with Gasteiger partial charge in [-0.1, -0.05) is 0 Å². The summed E-state index contributed by atoms with van der Waals surface area (Å²) in [6, 6.07) is 4.01. The summed E-state index contributed by atoms with van der Waals surface area (Å²) in [6.07, 6.45) is 5.58. The fourth-order valence-electron chi connectivity index (χ4n) is 2.71. The summed E-state index contributed by atoms with van der Waals surface area (Å²) in [4.78, 5) is 18.6. The molecule has 0 saturated carbocycles. The molecule has 1 aliphatic heterocycles. The summed E-state index contributed by atoms with van der Waals surface area (Å²) in [5, 5.41) is 3.33. The molecule has 1 aromatic rings. The van der Waals surface area contributed by atoms with E-state index < -0.39 is 0 Å². The number of nitrogens with one attached hydrogen (secondary N) is 1. The van der Waals surface area contributed by atoms with E-state index in [0.717, 1.165) is 31.5 Å². The van der Waals surface area contributed by atoms with Crippen molar-refractivity contribution in [3.63, 3.8) is 0 Å². The Morgan fingerprint density at radius 1 is 1.47 bits per heavy atom. The lowest BCUT2D eigenvalue weighted by atomic mass is 9.81. The Balaban J connectivity index is 2.10. The average molecular weight is 261 g/mol. The highest BCUT2D eigenvalue weighted by Crippen LogP contribution is 2.30. The van der Waals surface area contributed by atoms with Crippen molar-refractivity contribution in [3.8, 4) is 0 Å². The number of rotatable bonds is 3. The quantitative estimate of drug-likeness (QED) is 0.905. The molecular weight excluding hydrogens is 238 g/mol. The molecule has 1 N–H and O–H groups in total. The van der Waals surface area contributed by atoms with Crippen LogP contribution < -0.4 is 5.32 Å². The van der Waals surface area contributed by atoms with Crippen LogP contribution in [-0.2, 0) is 4.79 Å². The number of amides is 1. The molecule has 4 heteroatoms. The highest BCUT2D eigenvalue weighted by molar-refractivity contribution is 5.83. The predicted octanol–water partition coefficient (Wildman–Crippen LogP) is 1.99. The van der Waals surface area contributed by atoms with Crippen molar-refractivity contribution in [2.45, 2.75) is 32.7 Å². The van der Waals surface area contributed by atoms with Crippen LogP contribution in [0.15, 0.2) is 24.5 Å². The molecule has 2 rings (SSSR count). The van der Waals surface area contributed by atoms with Crippen LogP contribution in [0.2, 0.25) is 0 Å². The monoisotopic (exact) mass is 261 g/mol. The van der Waals surface area contributed by atoms with Crippen molar-refractivity contribution in [2.24, 2.45) is 5.41 Å². The molecule has 0 bridgehead atoms. The molecule has 19 heavy (non-hydrogen) atoms. The third-order valence-corrected chi connectivity index (χ3v) is 4.20. The first kappa shape index (κ1) is 14.0. The predicted molar refractivity (Wildman–Crippen MR) is 75.6 cm³/mol. The Morgan fingerprint density at radius 3 is 2.74 bits per heavy atom. The molecule has 1 aliphatic rings. The number of aromatic nitrogens is 1. The van der Waals surface area contributed by atoms with Crippen molar-refractivity contribution in [1.82, 2.24) is 15.2 Å². The van der Waals surface area contributed by atoms with E-state index >= 15 is 0 Å². The van der Waals surface area contributed by atoms with Crippen LogP contribution >= 0.6 is 0 Å². The number of nitrogens with zero attached hydrogens (tertiary/aromatic N) is 2. The molecular formula is C15H23N3O. The van der Waals surface area contributed by atoms with Gasteiger partial charge in [0, 0.05) is 26.0 Å². The van der Waals surface area contributed by atoms with Gasteiger partial charge in [-0.15, -0.1) is 0 Å². The minimum atomic E-state index is -0.270. The SMILES string of the molecule is CC(c1ccncc1)N(C)C(=O)C1(C)CCCNC1. The van der Waals surface area contributed by atoms with Crippen LogP contribution in [0, 0.1) is 5.41 Å². The fraction of sp³-hybridized carbons (Fsp3) is 0.600. The Morgan fingerprint density at radius 2 is 2.16 bits per heavy atom. The van der Waals surface area contributed by atoms with Gasteiger partial charge in [-0.25, -0.2) is 0 Å². The van der Waals surface area contributed by atoms with Gasteiger partial charge >= 0.3 is 0 Å². The van der Waals surface area contributed by atoms with Crippen molar-refractivity contribution in [3.05, 3.63) is 30.1 Å². The van der Waals surface area contributed by atoms with Crippen molar-refractivity contribution >= 4 is 5.91 Å². The minimum Gasteiger partial charge on any atom is -0.338 e. The number of carbonyl (C=O) groups excluding carboxylic acids is 1. The van der Waals surface area contributed by atoms with Gasteiger partial charge in [-0.3, -0.25) is 9.78 Å². The average Bonchev–Trinajstić information content (AvgIpc) is 2.46. The minimum absolute atomic E-state index is 0.0780. The Hall–Kier alpha value is -1.42. The molecule has 0 aliphatic carbocycles. The second-order valence-electron chi connectivity index (χ2n) is 5.71. The second kappa shape index (κ2) is 5.70. The lowest BCUT2D eigenvalue weighted by Gasteiger charge is -2.38. The third-order valence-electron chi connectivity index (χ3n) is 4.20. The standard InChI is InChI=1S/C15H23N3O/c1-12(13-5-9-16-10-6-13)18(3)14(19)15(2)7-4-8-17-11-15/h5-6,9-10,12,17H,4,7-8,11H2,1-3H3. The maximum atomic E-state index is 12.7. The van der Waals surface area contributed by atoms with Crippen LogP contribution in [-0.4, -0.2) is 35.9 Å². The van der Waals surface area contributed by atoms with E-state index in [-0.39, 0.29) is 17.4 Å². The fourth-order valence-corrected chi connectivity index (χ4v) is 2.71. The van der Waals surface area contributed by atoms with Crippen LogP contribution in [0.3, 0.4) is 0 Å². The molecule has 1 saturated heterocycles. The maximum absolute atomic E-state index is 12.7. The lowest BCUT2D eigenvalue weighted by Crippen LogP contribution is -2.49. The van der Waals surface area contributed by atoms with Gasteiger partial charge in [0.15, 0.2) is 0 Å². The number of hydrogen-bond acceptors (Lipinski definition) is 3. The zero-order valence-corrected chi connectivity index (χ0v) is 12.0. The van der Waals surface area contributed by atoms with Crippen molar-refractivity contribution in [2.75, 3.05) is 20.1 Å². The third kappa shape index (κ3) is 2.95. The molecule has 1 aromatic heterocycles. The lowest BCUT2D eigenvalue weighted by molar-refractivity contribution is -0.142. The highest BCUT2D eigenvalue weighted by atomic mass is 16.2. The summed E-state index contributed by atoms with van der Waals surface area (Å²) in [7, 11) is 1.90. The van der Waals surface area contributed by atoms with Crippen LogP contribution in [0.25, 0.3) is 0 Å². The molecule has 2 unspecified atom stereocenters. The van der Waals surface area contributed by atoms with Crippen LogP contribution in [0.1, 0.15) is 38.3 Å². The van der Waals surface area contributed by atoms with E-state index in [1.54, 1.807) is 12.4 Å². The number of piperidine rings is 1. The van der Waals surface area contributed by atoms with E-state index in [1.807, 2.05) is 24.1 Å². The van der Waals surface area contributed by atoms with Gasteiger partial charge in [0.05, 0.1) is 11.5 Å². The Bertz CT molecular complexity index is 426. The first-order valence-electron chi connectivity index (χ1n) is 6.92. The zero-order valence-electron chi connectivity index (χ0n) is 12.0. The smallest absolute Gasteiger partial charge is 0.230 e. The summed E-state index contributed by atoms with van der Waals surface area (Å²) >= 11 is 0. The first-order chi connectivity index (χ1) is 9.04. The molecule has 2 atom stereocenters. The number of hydrogen-bond donors (Lipinski definition) is 1. The first-order valence-corrected chi connectivity index (χ1v) is 6.92. The van der Waals surface area contributed by atoms with Gasteiger partial charge in [0.1, 0.15) is 0 Å². The molecule has 4 nitrogen and oxygen atoms in total. The molecule has 0 radical (unpaired) electrons. The second-order valence-corrected chi connectivity index (χ2v) is 5.71. The van der Waals surface area contributed by atoms with Crippen LogP contribution in [0.5, 0.6) is 0 Å². The Labute approximate surface area is 115 Å². The summed E-state index contributed by atoms with van der Waals surface area (Å²) < 4.78 is 0. The summed E-state index contributed by atoms with van der Waals surface area (Å²) in [5.74, 6) is 0.226. The van der Waals surface area contributed by atoms with E-state index in [1.165, 1.54) is 0 Å². The summed E-state index contributed by atoms with van der Waals surface area (Å²) in [6.45, 7) is 5.93. The van der Waals surface area contributed by atoms with Gasteiger partial charge in [-0.05, 0) is 50.9 Å². The number of carbonyl (C=O) groups is 1. The Kier molecular flexibility index (Phi) is 4.20. The van der Waals surface area contributed by atoms with Gasteiger partial charge in [-0.2, -0.15) is 0 Å². The van der Waals surface area contributed by atoms with E-state index in [4.69, 9.17) is 0 Å². The van der Waals surface area contributed by atoms with E-state index in [0.29, 0.717) is 0 Å². The van der Waals surface area contributed by atoms with Gasteiger partial charge < -0.3 is 10.2 Å². The normalized spacial score (nSPS) is 24.8. The van der Waals surface area contributed by atoms with E-state index in [9.17, 15) is 4.79 Å². The largest absolute Gasteiger partial charge is 0.338 e.